The van der Waals surface area contributed by atoms with Gasteiger partial charge in [-0.1, -0.05) is 30.3 Å². The van der Waals surface area contributed by atoms with Crippen LogP contribution in [0.25, 0.3) is 0 Å². The molecule has 0 saturated carbocycles. The molecule has 19 heavy (non-hydrogen) atoms. The van der Waals surface area contributed by atoms with E-state index >= 15 is 0 Å². The quantitative estimate of drug-likeness (QED) is 0.831. The molecule has 106 valence electrons. The summed E-state index contributed by atoms with van der Waals surface area (Å²) in [7, 11) is 0. The van der Waals surface area contributed by atoms with Crippen LogP contribution >= 0.6 is 12.2 Å². The summed E-state index contributed by atoms with van der Waals surface area (Å²) >= 11 is 5.17. The third-order valence-electron chi connectivity index (χ3n) is 3.14. The molecule has 0 aliphatic carbocycles. The molecule has 0 fully saturated rings. The third-order valence-corrected chi connectivity index (χ3v) is 3.33. The van der Waals surface area contributed by atoms with Crippen LogP contribution in [0.4, 0.5) is 0 Å². The van der Waals surface area contributed by atoms with E-state index in [1.165, 1.54) is 5.56 Å². The maximum Gasteiger partial charge on any atom is 0.167 e. The minimum atomic E-state index is -0.513. The average molecular weight is 280 g/mol. The first-order valence-corrected chi connectivity index (χ1v) is 6.95. The number of benzene rings is 1. The van der Waals surface area contributed by atoms with Gasteiger partial charge in [-0.15, -0.1) is 0 Å². The van der Waals surface area contributed by atoms with Crippen LogP contribution < -0.4 is 5.73 Å². The number of hydrogen-bond donors (Lipinski definition) is 2. The molecule has 1 rings (SSSR count). The van der Waals surface area contributed by atoms with Crippen molar-refractivity contribution in [2.75, 3.05) is 0 Å². The number of nitrogens with two attached hydrogens (primary N) is 1. The van der Waals surface area contributed by atoms with Gasteiger partial charge in [0.15, 0.2) is 5.11 Å². The van der Waals surface area contributed by atoms with Crippen LogP contribution in [-0.2, 0) is 6.42 Å². The molecule has 0 aromatic heterocycles. The Hall–Kier alpha value is -1.13. The highest BCUT2D eigenvalue weighted by Crippen LogP contribution is 2.22. The van der Waals surface area contributed by atoms with Crippen LogP contribution in [0.1, 0.15) is 33.3 Å². The van der Waals surface area contributed by atoms with Crippen molar-refractivity contribution in [2.24, 2.45) is 5.73 Å². The zero-order valence-electron chi connectivity index (χ0n) is 12.1. The molecular formula is C15H24N2OS. The Morgan fingerprint density at radius 1 is 1.32 bits per heavy atom. The van der Waals surface area contributed by atoms with Crippen molar-refractivity contribution in [3.63, 3.8) is 0 Å². The number of rotatable bonds is 4. The molecular weight excluding hydrogens is 256 g/mol. The summed E-state index contributed by atoms with van der Waals surface area (Å²) < 4.78 is 0. The summed E-state index contributed by atoms with van der Waals surface area (Å²) in [4.78, 5) is 1.93. The molecule has 2 atom stereocenters. The lowest BCUT2D eigenvalue weighted by atomic mass is 9.95. The number of hydrogen-bond acceptors (Lipinski definition) is 2. The highest BCUT2D eigenvalue weighted by atomic mass is 32.1. The van der Waals surface area contributed by atoms with Crippen molar-refractivity contribution in [2.45, 2.75) is 51.8 Å². The van der Waals surface area contributed by atoms with E-state index in [-0.39, 0.29) is 11.6 Å². The van der Waals surface area contributed by atoms with Crippen molar-refractivity contribution >= 4 is 17.3 Å². The predicted octanol–water partition coefficient (Wildman–Crippen LogP) is 2.32. The van der Waals surface area contributed by atoms with Crippen molar-refractivity contribution in [3.8, 4) is 0 Å². The van der Waals surface area contributed by atoms with Gasteiger partial charge in [0, 0.05) is 5.54 Å². The van der Waals surface area contributed by atoms with Gasteiger partial charge < -0.3 is 15.7 Å². The first-order valence-electron chi connectivity index (χ1n) is 6.54. The molecule has 0 unspecified atom stereocenters. The number of aliphatic hydroxyl groups excluding tert-OH is 1. The summed E-state index contributed by atoms with van der Waals surface area (Å²) in [6, 6.07) is 9.95. The molecule has 0 spiro atoms. The molecule has 3 nitrogen and oxygen atoms in total. The van der Waals surface area contributed by atoms with Gasteiger partial charge in [-0.25, -0.2) is 0 Å². The summed E-state index contributed by atoms with van der Waals surface area (Å²) in [5.41, 5.74) is 6.81. The summed E-state index contributed by atoms with van der Waals surface area (Å²) in [5, 5.41) is 10.4. The zero-order valence-corrected chi connectivity index (χ0v) is 12.9. The Morgan fingerprint density at radius 3 is 2.21 bits per heavy atom. The fourth-order valence-corrected chi connectivity index (χ4v) is 2.73. The fraction of sp³-hybridized carbons (Fsp3) is 0.533. The lowest BCUT2D eigenvalue weighted by Gasteiger charge is -2.43. The predicted molar refractivity (Wildman–Crippen MR) is 84.0 cm³/mol. The molecule has 1 aromatic rings. The van der Waals surface area contributed by atoms with Gasteiger partial charge in [0.05, 0.1) is 12.1 Å². The standard InChI is InChI=1S/C15H24N2OS/c1-11(18)13(10-12-8-6-5-7-9-12)17(14(16)19)15(2,3)4/h5-9,11,13,18H,10H2,1-4H3,(H2,16,19)/t11-,13-/m1/s1. The summed E-state index contributed by atoms with van der Waals surface area (Å²) in [6.07, 6.45) is 0.202. The van der Waals surface area contributed by atoms with Crippen LogP contribution in [0.15, 0.2) is 30.3 Å². The second kappa shape index (κ2) is 6.35. The lowest BCUT2D eigenvalue weighted by Crippen LogP contribution is -2.57. The second-order valence-corrected chi connectivity index (χ2v) is 6.30. The van der Waals surface area contributed by atoms with E-state index < -0.39 is 6.10 Å². The van der Waals surface area contributed by atoms with Crippen molar-refractivity contribution in [1.29, 1.82) is 0 Å². The van der Waals surface area contributed by atoms with Crippen LogP contribution in [-0.4, -0.2) is 32.8 Å². The average Bonchev–Trinajstić information content (AvgIpc) is 2.27. The monoisotopic (exact) mass is 280 g/mol. The van der Waals surface area contributed by atoms with Gasteiger partial charge in [-0.2, -0.15) is 0 Å². The Bertz CT molecular complexity index is 412. The van der Waals surface area contributed by atoms with E-state index in [0.717, 1.165) is 0 Å². The van der Waals surface area contributed by atoms with Gasteiger partial charge in [0.1, 0.15) is 0 Å². The fourth-order valence-electron chi connectivity index (χ4n) is 2.32. The van der Waals surface area contributed by atoms with Crippen LogP contribution in [0, 0.1) is 0 Å². The molecule has 0 radical (unpaired) electrons. The minimum absolute atomic E-state index is 0.125. The van der Waals surface area contributed by atoms with Crippen molar-refractivity contribution in [3.05, 3.63) is 35.9 Å². The Balaban J connectivity index is 3.02. The topological polar surface area (TPSA) is 49.5 Å². The molecule has 0 amide bonds. The summed E-state index contributed by atoms with van der Waals surface area (Å²) in [5.74, 6) is 0. The van der Waals surface area contributed by atoms with Gasteiger partial charge in [-0.3, -0.25) is 0 Å². The number of thiocarbonyl (C=S) groups is 1. The molecule has 3 N–H and O–H groups in total. The molecule has 0 heterocycles. The maximum absolute atomic E-state index is 10.1. The van der Waals surface area contributed by atoms with Crippen LogP contribution in [0.3, 0.4) is 0 Å². The Kier molecular flexibility index (Phi) is 5.32. The van der Waals surface area contributed by atoms with Gasteiger partial charge >= 0.3 is 0 Å². The van der Waals surface area contributed by atoms with Crippen molar-refractivity contribution in [1.82, 2.24) is 4.90 Å². The largest absolute Gasteiger partial charge is 0.391 e. The van der Waals surface area contributed by atoms with Gasteiger partial charge in [0.2, 0.25) is 0 Å². The number of aliphatic hydroxyl groups is 1. The molecule has 4 heteroatoms. The lowest BCUT2D eigenvalue weighted by molar-refractivity contribution is 0.0582. The highest BCUT2D eigenvalue weighted by Gasteiger charge is 2.32. The van der Waals surface area contributed by atoms with Gasteiger partial charge in [-0.05, 0) is 51.9 Å². The number of nitrogens with zero attached hydrogens (tertiary/aromatic N) is 1. The molecule has 1 aromatic carbocycles. The molecule has 0 aliphatic rings. The Labute approximate surface area is 121 Å². The van der Waals surface area contributed by atoms with Crippen LogP contribution in [0.5, 0.6) is 0 Å². The summed E-state index contributed by atoms with van der Waals surface area (Å²) in [6.45, 7) is 7.93. The van der Waals surface area contributed by atoms with E-state index in [9.17, 15) is 5.11 Å². The van der Waals surface area contributed by atoms with Crippen LogP contribution in [0.2, 0.25) is 0 Å². The molecule has 0 saturated heterocycles. The van der Waals surface area contributed by atoms with E-state index in [0.29, 0.717) is 11.5 Å². The van der Waals surface area contributed by atoms with E-state index in [1.807, 2.05) is 43.9 Å². The smallest absolute Gasteiger partial charge is 0.167 e. The first kappa shape index (κ1) is 15.9. The zero-order chi connectivity index (χ0) is 14.6. The molecule has 0 aliphatic heterocycles. The maximum atomic E-state index is 10.1. The Morgan fingerprint density at radius 2 is 1.84 bits per heavy atom. The van der Waals surface area contributed by atoms with Gasteiger partial charge in [0.25, 0.3) is 0 Å². The van der Waals surface area contributed by atoms with E-state index in [2.05, 4.69) is 12.1 Å². The van der Waals surface area contributed by atoms with Crippen molar-refractivity contribution < 1.29 is 5.11 Å². The minimum Gasteiger partial charge on any atom is -0.391 e. The highest BCUT2D eigenvalue weighted by molar-refractivity contribution is 7.80. The second-order valence-electron chi connectivity index (χ2n) is 5.88. The molecule has 0 bridgehead atoms. The van der Waals surface area contributed by atoms with E-state index in [1.54, 1.807) is 6.92 Å². The SMILES string of the molecule is C[C@@H](O)[C@@H](Cc1ccccc1)N(C(N)=S)C(C)(C)C. The normalized spacial score (nSPS) is 14.8. The third kappa shape index (κ3) is 4.48. The first-order chi connectivity index (χ1) is 8.73. The van der Waals surface area contributed by atoms with E-state index in [4.69, 9.17) is 18.0 Å².